The van der Waals surface area contributed by atoms with E-state index in [1.54, 1.807) is 42.5 Å². The minimum absolute atomic E-state index is 0.219. The van der Waals surface area contributed by atoms with E-state index in [2.05, 4.69) is 6.58 Å². The number of hydrogen-bond acceptors (Lipinski definition) is 3. The van der Waals surface area contributed by atoms with Gasteiger partial charge in [0.2, 0.25) is 0 Å². The van der Waals surface area contributed by atoms with Crippen LogP contribution < -0.4 is 10.6 Å². The van der Waals surface area contributed by atoms with Crippen LogP contribution in [0.1, 0.15) is 5.56 Å². The molecule has 0 aliphatic heterocycles. The van der Waals surface area contributed by atoms with Crippen LogP contribution in [-0.2, 0) is 10.0 Å². The van der Waals surface area contributed by atoms with E-state index < -0.39 is 10.0 Å². The monoisotopic (exact) mass is 361 g/mol. The first-order valence-electron chi connectivity index (χ1n) is 7.23. The number of furan rings is 1. The second-order valence-electron chi connectivity index (χ2n) is 5.52. The first-order chi connectivity index (χ1) is 11.3. The maximum Gasteiger partial charge on any atom is 0.263 e. The molecule has 0 saturated heterocycles. The van der Waals surface area contributed by atoms with Crippen LogP contribution in [0.15, 0.2) is 51.8 Å². The number of benzene rings is 2. The molecule has 0 amide bonds. The van der Waals surface area contributed by atoms with Crippen molar-refractivity contribution in [1.29, 1.82) is 0 Å². The van der Waals surface area contributed by atoms with Crippen molar-refractivity contribution in [2.45, 2.75) is 11.8 Å². The molecule has 3 rings (SSSR count). The summed E-state index contributed by atoms with van der Waals surface area (Å²) in [4.78, 5) is 0.219. The lowest BCUT2D eigenvalue weighted by molar-refractivity contribution is 0.549. The highest BCUT2D eigenvalue weighted by Crippen LogP contribution is 2.20. The molecule has 1 aromatic heterocycles. The van der Waals surface area contributed by atoms with Crippen molar-refractivity contribution in [3.8, 4) is 0 Å². The Balaban J connectivity index is 2.17. The molecule has 0 aliphatic carbocycles. The quantitative estimate of drug-likeness (QED) is 0.720. The average Bonchev–Trinajstić information content (AvgIpc) is 2.85. The smallest absolute Gasteiger partial charge is 0.263 e. The third-order valence-corrected chi connectivity index (χ3v) is 5.83. The van der Waals surface area contributed by atoms with Crippen LogP contribution >= 0.6 is 11.6 Å². The van der Waals surface area contributed by atoms with E-state index in [4.69, 9.17) is 16.0 Å². The zero-order chi connectivity index (χ0) is 17.5. The Morgan fingerprint density at radius 3 is 2.50 bits per heavy atom. The molecule has 6 heteroatoms. The van der Waals surface area contributed by atoms with Crippen LogP contribution in [0.4, 0.5) is 0 Å². The molecule has 0 N–H and O–H groups in total. The number of hydrogen-bond donors (Lipinski definition) is 0. The van der Waals surface area contributed by atoms with Crippen LogP contribution in [-0.4, -0.2) is 19.8 Å². The molecule has 0 bridgehead atoms. The van der Waals surface area contributed by atoms with Gasteiger partial charge in [0.05, 0.1) is 9.92 Å². The summed E-state index contributed by atoms with van der Waals surface area (Å²) in [6, 6.07) is 12.0. The number of sulfonamides is 1. The molecule has 0 atom stereocenters. The molecule has 1 heterocycles. The van der Waals surface area contributed by atoms with Crippen LogP contribution in [0.25, 0.3) is 23.7 Å². The van der Waals surface area contributed by atoms with E-state index >= 15 is 0 Å². The maximum absolute atomic E-state index is 12.7. The topological polar surface area (TPSA) is 50.5 Å². The highest BCUT2D eigenvalue weighted by molar-refractivity contribution is 7.89. The average molecular weight is 362 g/mol. The lowest BCUT2D eigenvalue weighted by atomic mass is 10.2. The molecule has 0 radical (unpaired) electrons. The summed E-state index contributed by atoms with van der Waals surface area (Å²) in [6.07, 6.45) is 1.48. The minimum Gasteiger partial charge on any atom is -0.457 e. The van der Waals surface area contributed by atoms with Gasteiger partial charge in [-0.2, -0.15) is 0 Å². The Morgan fingerprint density at radius 1 is 1.17 bits per heavy atom. The van der Waals surface area contributed by atoms with E-state index in [0.29, 0.717) is 26.6 Å². The summed E-state index contributed by atoms with van der Waals surface area (Å²) in [5, 5.41) is 1.68. The van der Waals surface area contributed by atoms with Crippen molar-refractivity contribution < 1.29 is 12.8 Å². The van der Waals surface area contributed by atoms with Crippen LogP contribution in [0, 0.1) is 6.92 Å². The van der Waals surface area contributed by atoms with Crippen molar-refractivity contribution in [3.05, 3.63) is 63.7 Å². The summed E-state index contributed by atoms with van der Waals surface area (Å²) in [5.74, 6) is 0. The van der Waals surface area contributed by atoms with E-state index in [0.717, 1.165) is 9.87 Å². The molecule has 3 aromatic rings. The second kappa shape index (κ2) is 6.00. The highest BCUT2D eigenvalue weighted by atomic mass is 35.5. The summed E-state index contributed by atoms with van der Waals surface area (Å²) < 4.78 is 32.1. The molecule has 24 heavy (non-hydrogen) atoms. The Labute approximate surface area is 145 Å². The van der Waals surface area contributed by atoms with Gasteiger partial charge in [-0.05, 0) is 31.2 Å². The molecule has 0 aliphatic rings. The lowest BCUT2D eigenvalue weighted by Crippen LogP contribution is -2.28. The molecule has 0 fully saturated rings. The van der Waals surface area contributed by atoms with Gasteiger partial charge in [-0.25, -0.2) is 8.42 Å². The highest BCUT2D eigenvalue weighted by Gasteiger charge is 2.18. The van der Waals surface area contributed by atoms with Crippen molar-refractivity contribution in [3.63, 3.8) is 0 Å². The Hall–Kier alpha value is -2.24. The number of nitrogens with zero attached hydrogens (tertiary/aromatic N) is 1. The predicted molar refractivity (Wildman–Crippen MR) is 96.6 cm³/mol. The SMILES string of the molecule is C=c1oc2cccc(Cl)c2/c1=C/N(C)S(=O)(=O)c1ccc(C)cc1. The molecule has 0 unspecified atom stereocenters. The fraction of sp³-hybridized carbons (Fsp3) is 0.111. The Morgan fingerprint density at radius 2 is 1.83 bits per heavy atom. The van der Waals surface area contributed by atoms with Crippen molar-refractivity contribution in [2.75, 3.05) is 7.05 Å². The van der Waals surface area contributed by atoms with Gasteiger partial charge in [0.15, 0.2) is 0 Å². The Kier molecular flexibility index (Phi) is 4.15. The van der Waals surface area contributed by atoms with Gasteiger partial charge >= 0.3 is 0 Å². The first kappa shape index (κ1) is 16.6. The summed E-state index contributed by atoms with van der Waals surface area (Å²) in [5.41, 5.74) is 1.93. The van der Waals surface area contributed by atoms with Gasteiger partial charge < -0.3 is 4.42 Å². The van der Waals surface area contributed by atoms with E-state index in [9.17, 15) is 8.42 Å². The largest absolute Gasteiger partial charge is 0.457 e. The van der Waals surface area contributed by atoms with Crippen LogP contribution in [0.5, 0.6) is 0 Å². The van der Waals surface area contributed by atoms with Crippen LogP contribution in [0.3, 0.4) is 0 Å². The van der Waals surface area contributed by atoms with E-state index in [-0.39, 0.29) is 4.90 Å². The van der Waals surface area contributed by atoms with Gasteiger partial charge in [-0.3, -0.25) is 4.31 Å². The zero-order valence-electron chi connectivity index (χ0n) is 13.3. The third kappa shape index (κ3) is 2.81. The number of fused-ring (bicyclic) bond motifs is 1. The van der Waals surface area contributed by atoms with Gasteiger partial charge in [0, 0.05) is 23.9 Å². The molecular weight excluding hydrogens is 346 g/mol. The third-order valence-electron chi connectivity index (χ3n) is 3.79. The lowest BCUT2D eigenvalue weighted by Gasteiger charge is -2.14. The number of aryl methyl sites for hydroxylation is 1. The van der Waals surface area contributed by atoms with Crippen LogP contribution in [0.2, 0.25) is 5.02 Å². The second-order valence-corrected chi connectivity index (χ2v) is 7.92. The molecular formula is C18H16ClNO3S. The fourth-order valence-electron chi connectivity index (χ4n) is 2.44. The van der Waals surface area contributed by atoms with Gasteiger partial charge in [-0.1, -0.05) is 41.9 Å². The summed E-state index contributed by atoms with van der Waals surface area (Å²) in [7, 11) is -2.19. The van der Waals surface area contributed by atoms with Gasteiger partial charge in [0.25, 0.3) is 10.0 Å². The predicted octanol–water partition coefficient (Wildman–Crippen LogP) is 2.86. The standard InChI is InChI=1S/C18H16ClNO3S/c1-12-7-9-14(10-8-12)24(21,22)20(3)11-15-13(2)23-17-6-4-5-16(19)18(15)17/h4-11H,2H2,1,3H3/b15-11+. The van der Waals surface area contributed by atoms with E-state index in [1.807, 2.05) is 6.92 Å². The first-order valence-corrected chi connectivity index (χ1v) is 9.05. The van der Waals surface area contributed by atoms with Crippen molar-refractivity contribution in [1.82, 2.24) is 4.31 Å². The molecule has 0 saturated carbocycles. The molecule has 0 spiro atoms. The summed E-state index contributed by atoms with van der Waals surface area (Å²) >= 11 is 6.23. The van der Waals surface area contributed by atoms with E-state index in [1.165, 1.54) is 13.2 Å². The van der Waals surface area contributed by atoms with Gasteiger partial charge in [-0.15, -0.1) is 0 Å². The molecule has 2 aromatic carbocycles. The summed E-state index contributed by atoms with van der Waals surface area (Å²) in [6.45, 7) is 5.74. The molecule has 124 valence electrons. The normalized spacial score (nSPS) is 12.7. The number of rotatable bonds is 3. The fourth-order valence-corrected chi connectivity index (χ4v) is 3.77. The number of halogens is 1. The van der Waals surface area contributed by atoms with Crippen molar-refractivity contribution in [2.24, 2.45) is 0 Å². The maximum atomic E-state index is 12.7. The van der Waals surface area contributed by atoms with Gasteiger partial charge in [0.1, 0.15) is 11.0 Å². The Bertz CT molecular complexity index is 1120. The van der Waals surface area contributed by atoms with Crippen molar-refractivity contribution >= 4 is 45.4 Å². The minimum atomic E-state index is -3.66. The zero-order valence-corrected chi connectivity index (χ0v) is 14.9. The molecule has 4 nitrogen and oxygen atoms in total.